The molecule has 50 heavy (non-hydrogen) atoms. The molecule has 0 amide bonds. The monoisotopic (exact) mass is 730 g/mol. The highest BCUT2D eigenvalue weighted by molar-refractivity contribution is 7.47. The average molecular weight is 731 g/mol. The summed E-state index contributed by atoms with van der Waals surface area (Å²) in [5.41, 5.74) is 0. The second-order valence-electron chi connectivity index (χ2n) is 13.0. The zero-order valence-corrected chi connectivity index (χ0v) is 32.3. The molecule has 0 aliphatic heterocycles. The standard InChI is InChI=1S/C39H71O10P/c1-3-5-7-9-11-13-15-16-17-18-19-20-21-23-24-26-28-30-38(42)46-34-37(35-48-50(44,45)47-33-36(41)32-40)49-39(43)31-29-27-25-22-14-12-10-8-6-4-2/h11,13,16-17,19-20,36-37,40-41H,3-10,12,14-15,18,21-35H2,1-2H3,(H,44,45)/b13-11+,17-16+,20-19+/t36-,37+/m1/s1. The summed E-state index contributed by atoms with van der Waals surface area (Å²) in [5, 5.41) is 18.3. The Morgan fingerprint density at radius 3 is 1.60 bits per heavy atom. The summed E-state index contributed by atoms with van der Waals surface area (Å²) >= 11 is 0. The lowest BCUT2D eigenvalue weighted by Gasteiger charge is -2.20. The Hall–Kier alpha value is -1.81. The van der Waals surface area contributed by atoms with Crippen molar-refractivity contribution < 1.29 is 47.8 Å². The molecule has 0 rings (SSSR count). The van der Waals surface area contributed by atoms with E-state index in [2.05, 4.69) is 54.8 Å². The van der Waals surface area contributed by atoms with E-state index in [4.69, 9.17) is 19.1 Å². The Balaban J connectivity index is 4.37. The van der Waals surface area contributed by atoms with Gasteiger partial charge in [-0.2, -0.15) is 0 Å². The van der Waals surface area contributed by atoms with Gasteiger partial charge in [0.2, 0.25) is 0 Å². The fraction of sp³-hybridized carbons (Fsp3) is 0.795. The van der Waals surface area contributed by atoms with Gasteiger partial charge in [-0.15, -0.1) is 0 Å². The van der Waals surface area contributed by atoms with E-state index in [0.717, 1.165) is 57.8 Å². The van der Waals surface area contributed by atoms with Crippen LogP contribution in [0.5, 0.6) is 0 Å². The van der Waals surface area contributed by atoms with Crippen molar-refractivity contribution >= 4 is 19.8 Å². The number of carbonyl (C=O) groups excluding carboxylic acids is 2. The maximum Gasteiger partial charge on any atom is 0.472 e. The normalized spacial score (nSPS) is 14.4. The number of carbonyl (C=O) groups is 2. The van der Waals surface area contributed by atoms with Crippen LogP contribution in [0.4, 0.5) is 0 Å². The highest BCUT2D eigenvalue weighted by Crippen LogP contribution is 2.43. The van der Waals surface area contributed by atoms with Gasteiger partial charge in [0.25, 0.3) is 0 Å². The van der Waals surface area contributed by atoms with Gasteiger partial charge in [0.05, 0.1) is 19.8 Å². The largest absolute Gasteiger partial charge is 0.472 e. The first kappa shape index (κ1) is 48.2. The molecule has 0 aliphatic carbocycles. The average Bonchev–Trinajstić information content (AvgIpc) is 3.10. The van der Waals surface area contributed by atoms with Crippen LogP contribution >= 0.6 is 7.82 Å². The Labute approximate surface area is 303 Å². The molecule has 10 nitrogen and oxygen atoms in total. The van der Waals surface area contributed by atoms with Gasteiger partial charge in [0.15, 0.2) is 6.10 Å². The number of unbranched alkanes of at least 4 members (excludes halogenated alkanes) is 16. The van der Waals surface area contributed by atoms with Crippen LogP contribution in [-0.4, -0.2) is 65.7 Å². The lowest BCUT2D eigenvalue weighted by atomic mass is 10.1. The fourth-order valence-electron chi connectivity index (χ4n) is 5.00. The number of hydrogen-bond donors (Lipinski definition) is 3. The molecule has 0 heterocycles. The van der Waals surface area contributed by atoms with Crippen LogP contribution in [0.2, 0.25) is 0 Å². The first-order valence-electron chi connectivity index (χ1n) is 19.4. The summed E-state index contributed by atoms with van der Waals surface area (Å²) in [4.78, 5) is 34.8. The van der Waals surface area contributed by atoms with Gasteiger partial charge in [-0.05, 0) is 51.4 Å². The van der Waals surface area contributed by atoms with E-state index in [9.17, 15) is 24.2 Å². The first-order valence-corrected chi connectivity index (χ1v) is 20.9. The van der Waals surface area contributed by atoms with Crippen LogP contribution in [0.3, 0.4) is 0 Å². The zero-order valence-electron chi connectivity index (χ0n) is 31.4. The number of allylic oxidation sites excluding steroid dienone is 6. The number of rotatable bonds is 36. The maximum absolute atomic E-state index is 12.5. The van der Waals surface area contributed by atoms with Crippen molar-refractivity contribution in [3.63, 3.8) is 0 Å². The molecule has 0 bridgehead atoms. The summed E-state index contributed by atoms with van der Waals surface area (Å²) in [7, 11) is -4.61. The molecule has 11 heteroatoms. The van der Waals surface area contributed by atoms with Crippen molar-refractivity contribution in [1.29, 1.82) is 0 Å². The van der Waals surface area contributed by atoms with E-state index < -0.39 is 51.8 Å². The fourth-order valence-corrected chi connectivity index (χ4v) is 5.79. The third kappa shape index (κ3) is 34.6. The molecule has 1 unspecified atom stereocenters. The first-order chi connectivity index (χ1) is 24.2. The van der Waals surface area contributed by atoms with E-state index in [1.165, 1.54) is 64.2 Å². The minimum Gasteiger partial charge on any atom is -0.462 e. The van der Waals surface area contributed by atoms with Crippen molar-refractivity contribution in [2.75, 3.05) is 26.4 Å². The SMILES string of the molecule is CCCCC/C=C/C/C=C/C/C=C/CCCCCCC(=O)OC[C@@H](COP(=O)(O)OC[C@H](O)CO)OC(=O)CCCCCCCCCCCC. The van der Waals surface area contributed by atoms with E-state index in [0.29, 0.717) is 12.8 Å². The summed E-state index contributed by atoms with van der Waals surface area (Å²) in [6, 6.07) is 0. The van der Waals surface area contributed by atoms with Crippen LogP contribution < -0.4 is 0 Å². The second-order valence-corrected chi connectivity index (χ2v) is 14.4. The minimum atomic E-state index is -4.61. The lowest BCUT2D eigenvalue weighted by molar-refractivity contribution is -0.161. The quantitative estimate of drug-likeness (QED) is 0.0246. The van der Waals surface area contributed by atoms with Crippen molar-refractivity contribution in [2.45, 2.75) is 174 Å². The minimum absolute atomic E-state index is 0.180. The summed E-state index contributed by atoms with van der Waals surface area (Å²) < 4.78 is 32.5. The molecule has 3 N–H and O–H groups in total. The Morgan fingerprint density at radius 1 is 0.600 bits per heavy atom. The van der Waals surface area contributed by atoms with Gasteiger partial charge in [-0.1, -0.05) is 134 Å². The molecule has 3 atom stereocenters. The van der Waals surface area contributed by atoms with Gasteiger partial charge < -0.3 is 24.6 Å². The molecule has 0 saturated carbocycles. The van der Waals surface area contributed by atoms with Crippen LogP contribution in [0.25, 0.3) is 0 Å². The third-order valence-electron chi connectivity index (χ3n) is 8.05. The number of hydrogen-bond acceptors (Lipinski definition) is 9. The second kappa shape index (κ2) is 35.6. The molecular formula is C39H71O10P. The number of phosphoric ester groups is 1. The maximum atomic E-state index is 12.5. The van der Waals surface area contributed by atoms with Crippen molar-refractivity contribution in [2.24, 2.45) is 0 Å². The molecule has 0 radical (unpaired) electrons. The molecule has 292 valence electrons. The number of phosphoric acid groups is 1. The predicted octanol–water partition coefficient (Wildman–Crippen LogP) is 9.61. The van der Waals surface area contributed by atoms with Crippen molar-refractivity contribution in [3.8, 4) is 0 Å². The number of aliphatic hydroxyl groups is 2. The lowest BCUT2D eigenvalue weighted by Crippen LogP contribution is -2.29. The van der Waals surface area contributed by atoms with E-state index in [1.807, 2.05) is 0 Å². The molecule has 0 aromatic carbocycles. The highest BCUT2D eigenvalue weighted by Gasteiger charge is 2.27. The smallest absolute Gasteiger partial charge is 0.462 e. The van der Waals surface area contributed by atoms with Gasteiger partial charge in [0, 0.05) is 12.8 Å². The van der Waals surface area contributed by atoms with Crippen LogP contribution in [0, 0.1) is 0 Å². The highest BCUT2D eigenvalue weighted by atomic mass is 31.2. The summed E-state index contributed by atoms with van der Waals surface area (Å²) in [5.74, 6) is -0.952. The molecular weight excluding hydrogens is 659 g/mol. The molecule has 0 aliphatic rings. The predicted molar refractivity (Wildman–Crippen MR) is 201 cm³/mol. The topological polar surface area (TPSA) is 149 Å². The Bertz CT molecular complexity index is 936. The molecule has 0 spiro atoms. The number of ether oxygens (including phenoxy) is 2. The van der Waals surface area contributed by atoms with Gasteiger partial charge >= 0.3 is 19.8 Å². The van der Waals surface area contributed by atoms with Crippen molar-refractivity contribution in [3.05, 3.63) is 36.5 Å². The number of esters is 2. The van der Waals surface area contributed by atoms with E-state index in [1.54, 1.807) is 0 Å². The molecule has 0 aromatic heterocycles. The van der Waals surface area contributed by atoms with E-state index in [-0.39, 0.29) is 19.4 Å². The van der Waals surface area contributed by atoms with Gasteiger partial charge in [0.1, 0.15) is 12.7 Å². The van der Waals surface area contributed by atoms with Gasteiger partial charge in [-0.25, -0.2) is 4.57 Å². The molecule has 0 aromatic rings. The number of aliphatic hydroxyl groups excluding tert-OH is 2. The van der Waals surface area contributed by atoms with Crippen LogP contribution in [0.15, 0.2) is 36.5 Å². The van der Waals surface area contributed by atoms with Crippen LogP contribution in [0.1, 0.15) is 162 Å². The molecule has 0 saturated heterocycles. The van der Waals surface area contributed by atoms with Gasteiger partial charge in [-0.3, -0.25) is 18.6 Å². The van der Waals surface area contributed by atoms with Crippen LogP contribution in [-0.2, 0) is 32.7 Å². The Kier molecular flexibility index (Phi) is 34.3. The third-order valence-corrected chi connectivity index (χ3v) is 9.00. The summed E-state index contributed by atoms with van der Waals surface area (Å²) in [6.07, 6.45) is 34.0. The molecule has 0 fully saturated rings. The Morgan fingerprint density at radius 2 is 1.04 bits per heavy atom. The van der Waals surface area contributed by atoms with Crippen molar-refractivity contribution in [1.82, 2.24) is 0 Å². The zero-order chi connectivity index (χ0) is 37.0. The summed E-state index contributed by atoms with van der Waals surface area (Å²) in [6.45, 7) is 2.29. The van der Waals surface area contributed by atoms with E-state index >= 15 is 0 Å².